The number of amides is 4. The summed E-state index contributed by atoms with van der Waals surface area (Å²) in [6.45, 7) is 9.20. The van der Waals surface area contributed by atoms with E-state index < -0.39 is 17.8 Å². The van der Waals surface area contributed by atoms with Gasteiger partial charge in [-0.3, -0.25) is 14.9 Å². The molecule has 4 rings (SSSR count). The van der Waals surface area contributed by atoms with Gasteiger partial charge < -0.3 is 14.2 Å². The first kappa shape index (κ1) is 28.9. The normalized spacial score (nSPS) is 14.4. The fourth-order valence-corrected chi connectivity index (χ4v) is 4.93. The predicted octanol–water partition coefficient (Wildman–Crippen LogP) is 6.50. The lowest BCUT2D eigenvalue weighted by atomic mass is 10.1. The van der Waals surface area contributed by atoms with Gasteiger partial charge in [0.25, 0.3) is 11.8 Å². The lowest BCUT2D eigenvalue weighted by Gasteiger charge is -2.26. The van der Waals surface area contributed by atoms with Gasteiger partial charge in [-0.2, -0.15) is 0 Å². The van der Waals surface area contributed by atoms with Crippen molar-refractivity contribution in [3.05, 3.63) is 86.9 Å². The average molecular weight is 608 g/mol. The minimum absolute atomic E-state index is 0.191. The van der Waals surface area contributed by atoms with Gasteiger partial charge in [-0.1, -0.05) is 36.2 Å². The average Bonchev–Trinajstić information content (AvgIpc) is 2.89. The summed E-state index contributed by atoms with van der Waals surface area (Å²) in [7, 11) is 0. The zero-order chi connectivity index (χ0) is 28.8. The molecule has 0 saturated carbocycles. The summed E-state index contributed by atoms with van der Waals surface area (Å²) >= 11 is 3.55. The van der Waals surface area contributed by atoms with Crippen LogP contribution in [0.3, 0.4) is 0 Å². The molecular weight excluding hydrogens is 576 g/mol. The highest BCUT2D eigenvalue weighted by Gasteiger charge is 2.37. The molecule has 1 saturated heterocycles. The molecule has 0 unspecified atom stereocenters. The molecule has 0 atom stereocenters. The molecule has 0 radical (unpaired) electrons. The number of ether oxygens (including phenoxy) is 3. The van der Waals surface area contributed by atoms with Crippen molar-refractivity contribution in [2.24, 2.45) is 0 Å². The Bertz CT molecular complexity index is 1450. The van der Waals surface area contributed by atoms with Crippen LogP contribution in [0.5, 0.6) is 17.2 Å². The van der Waals surface area contributed by atoms with Crippen molar-refractivity contribution in [3.63, 3.8) is 0 Å². The molecule has 1 N–H and O–H groups in total. The molecule has 1 aliphatic rings. The standard InChI is InChI=1S/C31H31BrN2O6/c1-5-11-39-24-9-7-23(8-10-24)34-30(36)25(29(35)33-31(34)37)15-21-16-26(32)28(27(17-21)38-6-2)40-18-22-13-19(3)12-20(4)14-22/h7-10,12-17H,5-6,11,18H2,1-4H3,(H,33,35,37)/b25-15-. The summed E-state index contributed by atoms with van der Waals surface area (Å²) in [4.78, 5) is 39.6. The maximum atomic E-state index is 13.4. The number of halogens is 1. The summed E-state index contributed by atoms with van der Waals surface area (Å²) in [6.07, 6.45) is 2.28. The fraction of sp³-hybridized carbons (Fsp3) is 0.258. The van der Waals surface area contributed by atoms with Crippen molar-refractivity contribution in [2.45, 2.75) is 40.7 Å². The molecule has 1 fully saturated rings. The number of carbonyl (C=O) groups is 3. The Morgan fingerprint density at radius 1 is 0.900 bits per heavy atom. The third-order valence-corrected chi connectivity index (χ3v) is 6.57. The topological polar surface area (TPSA) is 94.2 Å². The molecule has 3 aromatic carbocycles. The molecule has 8 nitrogen and oxygen atoms in total. The van der Waals surface area contributed by atoms with Crippen LogP contribution in [-0.4, -0.2) is 31.1 Å². The molecule has 0 aromatic heterocycles. The quantitative estimate of drug-likeness (QED) is 0.209. The van der Waals surface area contributed by atoms with Crippen molar-refractivity contribution in [3.8, 4) is 17.2 Å². The van der Waals surface area contributed by atoms with E-state index in [9.17, 15) is 14.4 Å². The van der Waals surface area contributed by atoms with Gasteiger partial charge in [-0.05, 0) is 96.7 Å². The van der Waals surface area contributed by atoms with Gasteiger partial charge in [0.05, 0.1) is 23.4 Å². The molecule has 4 amide bonds. The number of aryl methyl sites for hydroxylation is 2. The highest BCUT2D eigenvalue weighted by molar-refractivity contribution is 9.10. The SMILES string of the molecule is CCCOc1ccc(N2C(=O)NC(=O)/C(=C/c3cc(Br)c(OCc4cc(C)cc(C)c4)c(OCC)c3)C2=O)cc1. The van der Waals surface area contributed by atoms with Crippen LogP contribution in [0.1, 0.15) is 42.5 Å². The number of barbiturate groups is 1. The zero-order valence-corrected chi connectivity index (χ0v) is 24.5. The van der Waals surface area contributed by atoms with Crippen molar-refractivity contribution in [1.29, 1.82) is 0 Å². The van der Waals surface area contributed by atoms with E-state index in [1.165, 1.54) is 6.08 Å². The van der Waals surface area contributed by atoms with Crippen LogP contribution in [0, 0.1) is 13.8 Å². The first-order valence-electron chi connectivity index (χ1n) is 13.0. The van der Waals surface area contributed by atoms with E-state index in [-0.39, 0.29) is 5.57 Å². The fourth-order valence-electron chi connectivity index (χ4n) is 4.35. The number of anilines is 1. The van der Waals surface area contributed by atoms with E-state index in [2.05, 4.69) is 39.4 Å². The van der Waals surface area contributed by atoms with Gasteiger partial charge >= 0.3 is 6.03 Å². The van der Waals surface area contributed by atoms with E-state index in [0.717, 1.165) is 28.0 Å². The lowest BCUT2D eigenvalue weighted by Crippen LogP contribution is -2.54. The number of carbonyl (C=O) groups excluding carboxylic acids is 3. The molecule has 3 aromatic rings. The number of benzene rings is 3. The zero-order valence-electron chi connectivity index (χ0n) is 22.9. The van der Waals surface area contributed by atoms with E-state index in [0.29, 0.717) is 52.8 Å². The molecule has 208 valence electrons. The molecule has 0 aliphatic carbocycles. The second kappa shape index (κ2) is 12.8. The Balaban J connectivity index is 1.62. The Morgan fingerprint density at radius 3 is 2.25 bits per heavy atom. The molecule has 1 aliphatic heterocycles. The lowest BCUT2D eigenvalue weighted by molar-refractivity contribution is -0.122. The van der Waals surface area contributed by atoms with E-state index in [1.807, 2.05) is 27.7 Å². The number of rotatable bonds is 10. The van der Waals surface area contributed by atoms with Crippen molar-refractivity contribution in [2.75, 3.05) is 18.1 Å². The van der Waals surface area contributed by atoms with Gasteiger partial charge in [-0.25, -0.2) is 9.69 Å². The molecular formula is C31H31BrN2O6. The Hall–Kier alpha value is -4.11. The van der Waals surface area contributed by atoms with Crippen LogP contribution in [0.25, 0.3) is 6.08 Å². The number of nitrogens with zero attached hydrogens (tertiary/aromatic N) is 1. The number of nitrogens with one attached hydrogen (secondary N) is 1. The number of hydrogen-bond acceptors (Lipinski definition) is 6. The summed E-state index contributed by atoms with van der Waals surface area (Å²) in [6, 6.07) is 15.4. The van der Waals surface area contributed by atoms with E-state index >= 15 is 0 Å². The van der Waals surface area contributed by atoms with Crippen LogP contribution in [0.2, 0.25) is 0 Å². The summed E-state index contributed by atoms with van der Waals surface area (Å²) < 4.78 is 18.1. The predicted molar refractivity (Wildman–Crippen MR) is 157 cm³/mol. The van der Waals surface area contributed by atoms with Crippen LogP contribution >= 0.6 is 15.9 Å². The molecule has 9 heteroatoms. The molecule has 0 spiro atoms. The smallest absolute Gasteiger partial charge is 0.335 e. The highest BCUT2D eigenvalue weighted by Crippen LogP contribution is 2.38. The maximum absolute atomic E-state index is 13.4. The van der Waals surface area contributed by atoms with E-state index in [1.54, 1.807) is 36.4 Å². The Labute approximate surface area is 242 Å². The van der Waals surface area contributed by atoms with Crippen molar-refractivity contribution in [1.82, 2.24) is 5.32 Å². The monoisotopic (exact) mass is 606 g/mol. The third-order valence-electron chi connectivity index (χ3n) is 5.98. The Morgan fingerprint density at radius 2 is 1.60 bits per heavy atom. The first-order valence-corrected chi connectivity index (χ1v) is 13.8. The maximum Gasteiger partial charge on any atom is 0.335 e. The number of urea groups is 1. The van der Waals surface area contributed by atoms with Gasteiger partial charge in [0.15, 0.2) is 11.5 Å². The molecule has 0 bridgehead atoms. The summed E-state index contributed by atoms with van der Waals surface area (Å²) in [5.74, 6) is 0.0613. The third kappa shape index (κ3) is 6.71. The summed E-state index contributed by atoms with van der Waals surface area (Å²) in [5, 5.41) is 2.25. The summed E-state index contributed by atoms with van der Waals surface area (Å²) in [5.41, 5.74) is 3.96. The number of hydrogen-bond donors (Lipinski definition) is 1. The molecule has 40 heavy (non-hydrogen) atoms. The van der Waals surface area contributed by atoms with Gasteiger partial charge in [-0.15, -0.1) is 0 Å². The largest absolute Gasteiger partial charge is 0.494 e. The van der Waals surface area contributed by atoms with E-state index in [4.69, 9.17) is 14.2 Å². The highest BCUT2D eigenvalue weighted by atomic mass is 79.9. The van der Waals surface area contributed by atoms with Crippen LogP contribution in [-0.2, 0) is 16.2 Å². The van der Waals surface area contributed by atoms with Crippen LogP contribution < -0.4 is 24.4 Å². The molecule has 1 heterocycles. The van der Waals surface area contributed by atoms with Gasteiger partial charge in [0.2, 0.25) is 0 Å². The first-order chi connectivity index (χ1) is 19.2. The van der Waals surface area contributed by atoms with Gasteiger partial charge in [0.1, 0.15) is 17.9 Å². The van der Waals surface area contributed by atoms with Gasteiger partial charge in [0, 0.05) is 0 Å². The van der Waals surface area contributed by atoms with Crippen LogP contribution in [0.4, 0.5) is 10.5 Å². The van der Waals surface area contributed by atoms with Crippen molar-refractivity contribution >= 4 is 45.5 Å². The van der Waals surface area contributed by atoms with Crippen LogP contribution in [0.15, 0.2) is 64.6 Å². The van der Waals surface area contributed by atoms with Crippen molar-refractivity contribution < 1.29 is 28.6 Å². The minimum Gasteiger partial charge on any atom is -0.494 e. The minimum atomic E-state index is -0.819. The second-order valence-corrected chi connectivity index (χ2v) is 10.2. The number of imide groups is 2. The second-order valence-electron chi connectivity index (χ2n) is 9.35. The Kier molecular flexibility index (Phi) is 9.26.